The number of carbonyl (C=O) groups is 1. The first kappa shape index (κ1) is 18.0. The molecule has 1 fully saturated rings. The van der Waals surface area contributed by atoms with Crippen LogP contribution in [0, 0.1) is 0 Å². The minimum absolute atomic E-state index is 0.00132. The van der Waals surface area contributed by atoms with Gasteiger partial charge in [-0.2, -0.15) is 0 Å². The fraction of sp³-hybridized carbons (Fsp3) is 0.421. The maximum atomic E-state index is 12.2. The van der Waals surface area contributed by atoms with Crippen LogP contribution in [0.3, 0.4) is 0 Å². The predicted molar refractivity (Wildman–Crippen MR) is 99.5 cm³/mol. The van der Waals surface area contributed by atoms with Crippen molar-refractivity contribution in [2.24, 2.45) is 0 Å². The number of rotatable bonds is 7. The average Bonchev–Trinajstić information content (AvgIpc) is 3.15. The monoisotopic (exact) mass is 406 g/mol. The largest absolute Gasteiger partial charge is 0.484 e. The number of likely N-dealkylation sites (tertiary alicyclic amines) is 1. The summed E-state index contributed by atoms with van der Waals surface area (Å²) in [6.07, 6.45) is 5.34. The topological polar surface area (TPSA) is 54.7 Å². The number of furan rings is 1. The van der Waals surface area contributed by atoms with E-state index in [0.717, 1.165) is 23.3 Å². The summed E-state index contributed by atoms with van der Waals surface area (Å²) in [4.78, 5) is 14.5. The van der Waals surface area contributed by atoms with Crippen LogP contribution in [0.2, 0.25) is 0 Å². The highest BCUT2D eigenvalue weighted by atomic mass is 79.9. The van der Waals surface area contributed by atoms with Crippen LogP contribution in [0.5, 0.6) is 5.75 Å². The highest BCUT2D eigenvalue weighted by Crippen LogP contribution is 2.24. The van der Waals surface area contributed by atoms with Gasteiger partial charge in [-0.15, -0.1) is 0 Å². The van der Waals surface area contributed by atoms with E-state index in [-0.39, 0.29) is 18.6 Å². The van der Waals surface area contributed by atoms with Gasteiger partial charge in [0.15, 0.2) is 6.61 Å². The molecule has 1 amide bonds. The number of hydrogen-bond donors (Lipinski definition) is 1. The van der Waals surface area contributed by atoms with E-state index in [1.54, 1.807) is 6.26 Å². The molecule has 1 saturated heterocycles. The molecule has 0 saturated carbocycles. The lowest BCUT2D eigenvalue weighted by atomic mass is 10.1. The fourth-order valence-electron chi connectivity index (χ4n) is 3.09. The Morgan fingerprint density at radius 3 is 2.80 bits per heavy atom. The average molecular weight is 407 g/mol. The minimum Gasteiger partial charge on any atom is -0.484 e. The molecule has 6 heteroatoms. The van der Waals surface area contributed by atoms with Crippen LogP contribution in [0.25, 0.3) is 0 Å². The van der Waals surface area contributed by atoms with Crippen molar-refractivity contribution in [1.29, 1.82) is 0 Å². The molecule has 1 N–H and O–H groups in total. The smallest absolute Gasteiger partial charge is 0.258 e. The molecule has 1 aliphatic heterocycles. The Hall–Kier alpha value is -1.79. The lowest BCUT2D eigenvalue weighted by molar-refractivity contribution is -0.123. The molecule has 2 aromatic rings. The molecule has 134 valence electrons. The highest BCUT2D eigenvalue weighted by molar-refractivity contribution is 9.10. The Labute approximate surface area is 156 Å². The molecular formula is C19H23BrN2O3. The van der Waals surface area contributed by atoms with E-state index in [2.05, 4.69) is 26.1 Å². The molecule has 2 heterocycles. The van der Waals surface area contributed by atoms with Crippen LogP contribution >= 0.6 is 15.9 Å². The standard InChI is InChI=1S/C19H23BrN2O3/c20-15-6-4-7-16(12-15)25-14-19(23)21-13-17(18-8-5-11-24-18)22-9-2-1-3-10-22/h4-8,11-12,17H,1-3,9-10,13-14H2,(H,21,23)/t17-/m1/s1. The number of ether oxygens (including phenoxy) is 1. The Morgan fingerprint density at radius 1 is 1.24 bits per heavy atom. The molecule has 1 aromatic heterocycles. The van der Waals surface area contributed by atoms with E-state index in [9.17, 15) is 4.79 Å². The van der Waals surface area contributed by atoms with E-state index in [4.69, 9.17) is 9.15 Å². The van der Waals surface area contributed by atoms with Crippen molar-refractivity contribution < 1.29 is 13.9 Å². The molecule has 0 unspecified atom stereocenters. The quantitative estimate of drug-likeness (QED) is 0.760. The zero-order valence-corrected chi connectivity index (χ0v) is 15.7. The predicted octanol–water partition coefficient (Wildman–Crippen LogP) is 3.76. The summed E-state index contributed by atoms with van der Waals surface area (Å²) >= 11 is 3.39. The maximum absolute atomic E-state index is 12.2. The van der Waals surface area contributed by atoms with Gasteiger partial charge in [-0.3, -0.25) is 9.69 Å². The molecule has 0 bridgehead atoms. The van der Waals surface area contributed by atoms with Gasteiger partial charge in [0.1, 0.15) is 11.5 Å². The zero-order valence-electron chi connectivity index (χ0n) is 14.1. The Kier molecular flexibility index (Phi) is 6.53. The number of piperidine rings is 1. The zero-order chi connectivity index (χ0) is 17.5. The van der Waals surface area contributed by atoms with Gasteiger partial charge in [0.2, 0.25) is 0 Å². The van der Waals surface area contributed by atoms with Crippen LogP contribution in [-0.4, -0.2) is 37.0 Å². The van der Waals surface area contributed by atoms with Gasteiger partial charge in [-0.05, 0) is 56.3 Å². The van der Waals surface area contributed by atoms with Gasteiger partial charge in [0.05, 0.1) is 12.3 Å². The summed E-state index contributed by atoms with van der Waals surface area (Å²) in [6.45, 7) is 2.60. The third-order valence-electron chi connectivity index (χ3n) is 4.36. The van der Waals surface area contributed by atoms with Gasteiger partial charge >= 0.3 is 0 Å². The molecule has 1 aromatic carbocycles. The minimum atomic E-state index is -0.131. The van der Waals surface area contributed by atoms with Crippen molar-refractivity contribution >= 4 is 21.8 Å². The van der Waals surface area contributed by atoms with E-state index in [1.165, 1.54) is 19.3 Å². The number of carbonyl (C=O) groups excluding carboxylic acids is 1. The molecule has 0 aliphatic carbocycles. The summed E-state index contributed by atoms with van der Waals surface area (Å²) in [6, 6.07) is 11.4. The van der Waals surface area contributed by atoms with Crippen molar-refractivity contribution in [1.82, 2.24) is 10.2 Å². The Bertz CT molecular complexity index is 669. The Balaban J connectivity index is 1.52. The lowest BCUT2D eigenvalue weighted by Crippen LogP contribution is -2.41. The molecule has 0 spiro atoms. The van der Waals surface area contributed by atoms with Crippen molar-refractivity contribution in [3.8, 4) is 5.75 Å². The van der Waals surface area contributed by atoms with Crippen LogP contribution in [0.1, 0.15) is 31.1 Å². The second kappa shape index (κ2) is 9.06. The van der Waals surface area contributed by atoms with Crippen LogP contribution in [0.4, 0.5) is 0 Å². The van der Waals surface area contributed by atoms with Crippen LogP contribution in [-0.2, 0) is 4.79 Å². The molecule has 5 nitrogen and oxygen atoms in total. The molecule has 1 atom stereocenters. The summed E-state index contributed by atoms with van der Waals surface area (Å²) < 4.78 is 12.1. The van der Waals surface area contributed by atoms with Crippen molar-refractivity contribution in [3.05, 3.63) is 52.9 Å². The molecule has 0 radical (unpaired) electrons. The SMILES string of the molecule is O=C(COc1cccc(Br)c1)NC[C@H](c1ccco1)N1CCCCC1. The van der Waals surface area contributed by atoms with E-state index >= 15 is 0 Å². The van der Waals surface area contributed by atoms with Gasteiger partial charge in [-0.25, -0.2) is 0 Å². The fourth-order valence-corrected chi connectivity index (χ4v) is 3.47. The van der Waals surface area contributed by atoms with E-state index in [0.29, 0.717) is 12.3 Å². The van der Waals surface area contributed by atoms with Gasteiger partial charge in [-0.1, -0.05) is 28.4 Å². The Morgan fingerprint density at radius 2 is 2.08 bits per heavy atom. The maximum Gasteiger partial charge on any atom is 0.258 e. The molecule has 1 aliphatic rings. The van der Waals surface area contributed by atoms with Crippen LogP contribution < -0.4 is 10.1 Å². The number of nitrogens with one attached hydrogen (secondary N) is 1. The van der Waals surface area contributed by atoms with Crippen molar-refractivity contribution in [2.75, 3.05) is 26.2 Å². The summed E-state index contributed by atoms with van der Waals surface area (Å²) in [7, 11) is 0. The molecule has 25 heavy (non-hydrogen) atoms. The first-order chi connectivity index (χ1) is 12.2. The van der Waals surface area contributed by atoms with Gasteiger partial charge in [0, 0.05) is 11.0 Å². The number of hydrogen-bond acceptors (Lipinski definition) is 4. The third-order valence-corrected chi connectivity index (χ3v) is 4.85. The number of nitrogens with zero attached hydrogens (tertiary/aromatic N) is 1. The first-order valence-electron chi connectivity index (χ1n) is 8.65. The lowest BCUT2D eigenvalue weighted by Gasteiger charge is -2.33. The normalized spacial score (nSPS) is 16.4. The van der Waals surface area contributed by atoms with Gasteiger partial charge < -0.3 is 14.5 Å². The van der Waals surface area contributed by atoms with E-state index < -0.39 is 0 Å². The van der Waals surface area contributed by atoms with E-state index in [1.807, 2.05) is 36.4 Å². The van der Waals surface area contributed by atoms with Crippen LogP contribution in [0.15, 0.2) is 51.6 Å². The van der Waals surface area contributed by atoms with Crippen molar-refractivity contribution in [3.63, 3.8) is 0 Å². The second-order valence-corrected chi connectivity index (χ2v) is 7.09. The second-order valence-electron chi connectivity index (χ2n) is 6.18. The van der Waals surface area contributed by atoms with Crippen molar-refractivity contribution in [2.45, 2.75) is 25.3 Å². The summed E-state index contributed by atoms with van der Waals surface area (Å²) in [5, 5.41) is 2.98. The summed E-state index contributed by atoms with van der Waals surface area (Å²) in [5.41, 5.74) is 0. The summed E-state index contributed by atoms with van der Waals surface area (Å²) in [5.74, 6) is 1.44. The first-order valence-corrected chi connectivity index (χ1v) is 9.44. The number of amides is 1. The third kappa shape index (κ3) is 5.34. The number of benzene rings is 1. The van der Waals surface area contributed by atoms with Gasteiger partial charge in [0.25, 0.3) is 5.91 Å². The highest BCUT2D eigenvalue weighted by Gasteiger charge is 2.24. The molecule has 3 rings (SSSR count). The number of halogens is 1. The molecular weight excluding hydrogens is 384 g/mol.